The minimum atomic E-state index is -1.03. The normalized spacial score (nSPS) is 12.1. The van der Waals surface area contributed by atoms with Crippen LogP contribution in [0, 0.1) is 0 Å². The standard InChI is InChI=1S/C7H14ClN3O3/c8-7(14)11-10-5(6(12)13)3-1-2-4-9/h5,10H,1-4,9H2,(H,11,14)(H,12,13)/t5-/m0/s1. The van der Waals surface area contributed by atoms with E-state index in [-0.39, 0.29) is 0 Å². The summed E-state index contributed by atoms with van der Waals surface area (Å²) in [5.74, 6) is -1.03. The molecule has 0 spiro atoms. The summed E-state index contributed by atoms with van der Waals surface area (Å²) < 4.78 is 0. The van der Waals surface area contributed by atoms with Crippen molar-refractivity contribution in [3.8, 4) is 0 Å². The van der Waals surface area contributed by atoms with E-state index in [1.54, 1.807) is 0 Å². The summed E-state index contributed by atoms with van der Waals surface area (Å²) in [6.07, 6.45) is 1.82. The number of carboxylic acid groups (broad SMARTS) is 1. The van der Waals surface area contributed by atoms with Crippen LogP contribution in [-0.2, 0) is 4.79 Å². The van der Waals surface area contributed by atoms with Gasteiger partial charge in [-0.05, 0) is 37.4 Å². The molecule has 0 saturated heterocycles. The molecule has 0 aromatic heterocycles. The molecule has 6 nitrogen and oxygen atoms in total. The Morgan fingerprint density at radius 1 is 1.43 bits per heavy atom. The Morgan fingerprint density at radius 3 is 2.50 bits per heavy atom. The van der Waals surface area contributed by atoms with Crippen molar-refractivity contribution < 1.29 is 14.7 Å². The van der Waals surface area contributed by atoms with Crippen molar-refractivity contribution in [1.82, 2.24) is 10.9 Å². The van der Waals surface area contributed by atoms with E-state index in [4.69, 9.17) is 22.4 Å². The molecule has 82 valence electrons. The third-order valence-corrected chi connectivity index (χ3v) is 1.68. The van der Waals surface area contributed by atoms with Gasteiger partial charge in [0, 0.05) is 0 Å². The van der Waals surface area contributed by atoms with Gasteiger partial charge < -0.3 is 10.8 Å². The summed E-state index contributed by atoms with van der Waals surface area (Å²) in [5, 5.41) is 7.86. The van der Waals surface area contributed by atoms with Gasteiger partial charge in [-0.1, -0.05) is 0 Å². The van der Waals surface area contributed by atoms with Gasteiger partial charge in [0.05, 0.1) is 0 Å². The van der Waals surface area contributed by atoms with Gasteiger partial charge in [-0.25, -0.2) is 5.43 Å². The fourth-order valence-corrected chi connectivity index (χ4v) is 0.949. The molecule has 5 N–H and O–H groups in total. The number of nitrogens with one attached hydrogen (secondary N) is 2. The second-order valence-electron chi connectivity index (χ2n) is 2.72. The first kappa shape index (κ1) is 13.2. The molecule has 0 bridgehead atoms. The van der Waals surface area contributed by atoms with E-state index >= 15 is 0 Å². The highest BCUT2D eigenvalue weighted by atomic mass is 35.5. The Morgan fingerprint density at radius 2 is 2.07 bits per heavy atom. The second-order valence-corrected chi connectivity index (χ2v) is 3.06. The Hall–Kier alpha value is -0.850. The van der Waals surface area contributed by atoms with E-state index in [1.165, 1.54) is 0 Å². The van der Waals surface area contributed by atoms with E-state index in [0.717, 1.165) is 6.42 Å². The van der Waals surface area contributed by atoms with Crippen LogP contribution in [0.5, 0.6) is 0 Å². The average molecular weight is 224 g/mol. The lowest BCUT2D eigenvalue weighted by Gasteiger charge is -2.13. The zero-order valence-electron chi connectivity index (χ0n) is 7.62. The molecule has 0 heterocycles. The molecule has 0 aromatic carbocycles. The zero-order chi connectivity index (χ0) is 11.0. The van der Waals surface area contributed by atoms with Crippen LogP contribution in [0.15, 0.2) is 0 Å². The number of halogens is 1. The number of hydrazine groups is 1. The van der Waals surface area contributed by atoms with Crippen LogP contribution in [0.1, 0.15) is 19.3 Å². The first-order valence-electron chi connectivity index (χ1n) is 4.21. The van der Waals surface area contributed by atoms with Crippen LogP contribution < -0.4 is 16.6 Å². The lowest BCUT2D eigenvalue weighted by atomic mass is 10.1. The summed E-state index contributed by atoms with van der Waals surface area (Å²) >= 11 is 4.96. The van der Waals surface area contributed by atoms with E-state index in [0.29, 0.717) is 19.4 Å². The number of unbranched alkanes of at least 4 members (excludes halogenated alkanes) is 1. The smallest absolute Gasteiger partial charge is 0.327 e. The van der Waals surface area contributed by atoms with Crippen molar-refractivity contribution in [3.63, 3.8) is 0 Å². The number of amides is 1. The lowest BCUT2D eigenvalue weighted by molar-refractivity contribution is -0.139. The maximum Gasteiger partial charge on any atom is 0.327 e. The number of hydrogen-bond acceptors (Lipinski definition) is 4. The number of carbonyl (C=O) groups excluding carboxylic acids is 1. The van der Waals surface area contributed by atoms with Crippen molar-refractivity contribution in [1.29, 1.82) is 0 Å². The first-order valence-corrected chi connectivity index (χ1v) is 4.59. The van der Waals surface area contributed by atoms with Gasteiger partial charge in [-0.2, -0.15) is 0 Å². The average Bonchev–Trinajstić information content (AvgIpc) is 2.10. The number of carbonyl (C=O) groups is 2. The fourth-order valence-electron chi connectivity index (χ4n) is 0.894. The Bertz CT molecular complexity index is 201. The highest BCUT2D eigenvalue weighted by Crippen LogP contribution is 1.99. The first-order chi connectivity index (χ1) is 6.57. The minimum absolute atomic E-state index is 0.393. The molecule has 7 heteroatoms. The monoisotopic (exact) mass is 223 g/mol. The van der Waals surface area contributed by atoms with Crippen LogP contribution in [0.3, 0.4) is 0 Å². The number of carboxylic acids is 1. The highest BCUT2D eigenvalue weighted by molar-refractivity contribution is 6.62. The summed E-state index contributed by atoms with van der Waals surface area (Å²) in [6, 6.07) is -0.829. The quantitative estimate of drug-likeness (QED) is 0.211. The Kier molecular flexibility index (Phi) is 7.09. The molecule has 1 amide bonds. The van der Waals surface area contributed by atoms with Gasteiger partial charge in [0.15, 0.2) is 0 Å². The second kappa shape index (κ2) is 7.54. The third-order valence-electron chi connectivity index (χ3n) is 1.59. The van der Waals surface area contributed by atoms with Gasteiger partial charge in [0.2, 0.25) is 0 Å². The van der Waals surface area contributed by atoms with Crippen LogP contribution in [0.4, 0.5) is 4.79 Å². The molecule has 0 aliphatic heterocycles. The van der Waals surface area contributed by atoms with Crippen molar-refractivity contribution in [2.75, 3.05) is 6.54 Å². The molecular formula is C7H14ClN3O3. The molecule has 0 rings (SSSR count). The van der Waals surface area contributed by atoms with E-state index in [1.807, 2.05) is 5.43 Å². The lowest BCUT2D eigenvalue weighted by Crippen LogP contribution is -2.46. The van der Waals surface area contributed by atoms with Crippen LogP contribution in [0.25, 0.3) is 0 Å². The van der Waals surface area contributed by atoms with Crippen molar-refractivity contribution in [2.24, 2.45) is 5.73 Å². The van der Waals surface area contributed by atoms with Gasteiger partial charge in [0.1, 0.15) is 6.04 Å². The van der Waals surface area contributed by atoms with Crippen molar-refractivity contribution in [3.05, 3.63) is 0 Å². The number of hydrogen-bond donors (Lipinski definition) is 4. The van der Waals surface area contributed by atoms with Gasteiger partial charge >= 0.3 is 11.3 Å². The van der Waals surface area contributed by atoms with E-state index in [2.05, 4.69) is 5.43 Å². The molecule has 14 heavy (non-hydrogen) atoms. The molecule has 0 aromatic rings. The molecule has 0 aliphatic carbocycles. The molecule has 0 radical (unpaired) electrons. The maximum absolute atomic E-state index is 10.6. The van der Waals surface area contributed by atoms with E-state index < -0.39 is 17.4 Å². The predicted octanol–water partition coefficient (Wildman–Crippen LogP) is 0.0216. The molecule has 1 atom stereocenters. The largest absolute Gasteiger partial charge is 0.480 e. The highest BCUT2D eigenvalue weighted by Gasteiger charge is 2.16. The molecule has 0 saturated carbocycles. The summed E-state index contributed by atoms with van der Waals surface area (Å²) in [4.78, 5) is 20.9. The number of aliphatic carboxylic acids is 1. The molecule has 0 fully saturated rings. The topological polar surface area (TPSA) is 104 Å². The minimum Gasteiger partial charge on any atom is -0.480 e. The number of nitrogens with two attached hydrogens (primary N) is 1. The molecule has 0 unspecified atom stereocenters. The van der Waals surface area contributed by atoms with Gasteiger partial charge in [-0.15, -0.1) is 0 Å². The van der Waals surface area contributed by atoms with Crippen LogP contribution in [-0.4, -0.2) is 29.0 Å². The maximum atomic E-state index is 10.6. The van der Waals surface area contributed by atoms with Gasteiger partial charge in [-0.3, -0.25) is 15.0 Å². The Balaban J connectivity index is 3.78. The predicted molar refractivity (Wildman–Crippen MR) is 51.8 cm³/mol. The third kappa shape index (κ3) is 6.64. The molecular weight excluding hydrogens is 210 g/mol. The van der Waals surface area contributed by atoms with Crippen molar-refractivity contribution >= 4 is 22.9 Å². The summed E-state index contributed by atoms with van der Waals surface area (Å²) in [5.41, 5.74) is 9.58. The SMILES string of the molecule is NCCCC[C@H](NNC(=O)Cl)C(=O)O. The fraction of sp³-hybridized carbons (Fsp3) is 0.714. The number of rotatable bonds is 7. The zero-order valence-corrected chi connectivity index (χ0v) is 8.38. The Labute approximate surface area is 86.8 Å². The van der Waals surface area contributed by atoms with Gasteiger partial charge in [0.25, 0.3) is 0 Å². The van der Waals surface area contributed by atoms with Crippen LogP contribution >= 0.6 is 11.6 Å². The summed E-state index contributed by atoms with van der Waals surface area (Å²) in [7, 11) is 0. The van der Waals surface area contributed by atoms with Crippen molar-refractivity contribution in [2.45, 2.75) is 25.3 Å². The summed E-state index contributed by atoms with van der Waals surface area (Å²) in [6.45, 7) is 0.522. The van der Waals surface area contributed by atoms with E-state index in [9.17, 15) is 9.59 Å². The molecule has 0 aliphatic rings. The van der Waals surface area contributed by atoms with Crippen LogP contribution in [0.2, 0.25) is 0 Å².